The Morgan fingerprint density at radius 2 is 2.36 bits per heavy atom. The van der Waals surface area contributed by atoms with Crippen LogP contribution in [0.4, 0.5) is 0 Å². The molecule has 0 spiro atoms. The molecule has 0 bridgehead atoms. The van der Waals surface area contributed by atoms with Crippen LogP contribution in [0.3, 0.4) is 0 Å². The van der Waals surface area contributed by atoms with Crippen LogP contribution in [-0.4, -0.2) is 35.2 Å². The summed E-state index contributed by atoms with van der Waals surface area (Å²) in [5.74, 6) is 0.598. The van der Waals surface area contributed by atoms with Gasteiger partial charge in [-0.3, -0.25) is 4.79 Å². The Labute approximate surface area is 89.6 Å². The highest BCUT2D eigenvalue weighted by Crippen LogP contribution is 2.24. The molecule has 1 saturated heterocycles. The lowest BCUT2D eigenvalue weighted by atomic mass is 10.2. The first kappa shape index (κ1) is 11.9. The topological polar surface area (TPSA) is 49.3 Å². The van der Waals surface area contributed by atoms with Crippen LogP contribution in [0.2, 0.25) is 0 Å². The fourth-order valence-electron chi connectivity index (χ4n) is 1.60. The van der Waals surface area contributed by atoms with E-state index in [2.05, 4.69) is 5.32 Å². The van der Waals surface area contributed by atoms with Crippen LogP contribution < -0.4 is 5.32 Å². The molecule has 1 aliphatic rings. The molecule has 82 valence electrons. The fraction of sp³-hybridized carbons (Fsp3) is 0.900. The van der Waals surface area contributed by atoms with E-state index < -0.39 is 5.97 Å². The van der Waals surface area contributed by atoms with Gasteiger partial charge in [0.05, 0.1) is 0 Å². The summed E-state index contributed by atoms with van der Waals surface area (Å²) in [6, 6.07) is 0. The Kier molecular flexibility index (Phi) is 6.03. The number of rotatable bonds is 6. The second kappa shape index (κ2) is 7.12. The molecule has 0 saturated carbocycles. The maximum atomic E-state index is 10.2. The van der Waals surface area contributed by atoms with Crippen LogP contribution in [0.1, 0.15) is 32.1 Å². The van der Waals surface area contributed by atoms with E-state index in [-0.39, 0.29) is 6.42 Å². The number of hydrogen-bond acceptors (Lipinski definition) is 3. The molecule has 4 heteroatoms. The monoisotopic (exact) mass is 217 g/mol. The Morgan fingerprint density at radius 1 is 1.50 bits per heavy atom. The molecule has 0 amide bonds. The highest BCUT2D eigenvalue weighted by molar-refractivity contribution is 7.99. The van der Waals surface area contributed by atoms with Gasteiger partial charge in [-0.1, -0.05) is 6.42 Å². The fourth-order valence-corrected chi connectivity index (χ4v) is 2.87. The quantitative estimate of drug-likeness (QED) is 0.665. The Morgan fingerprint density at radius 3 is 3.00 bits per heavy atom. The van der Waals surface area contributed by atoms with E-state index in [0.29, 0.717) is 0 Å². The van der Waals surface area contributed by atoms with E-state index in [4.69, 9.17) is 5.11 Å². The predicted molar refractivity (Wildman–Crippen MR) is 59.8 cm³/mol. The van der Waals surface area contributed by atoms with Gasteiger partial charge in [0.1, 0.15) is 0 Å². The SMILES string of the molecule is O=C(O)CCCNCC1CCCCS1. The second-order valence-corrected chi connectivity index (χ2v) is 5.10. The van der Waals surface area contributed by atoms with E-state index >= 15 is 0 Å². The summed E-state index contributed by atoms with van der Waals surface area (Å²) >= 11 is 2.05. The van der Waals surface area contributed by atoms with Crippen molar-refractivity contribution in [1.82, 2.24) is 5.32 Å². The molecule has 0 aliphatic carbocycles. The Balaban J connectivity index is 1.90. The molecule has 3 nitrogen and oxygen atoms in total. The van der Waals surface area contributed by atoms with Crippen molar-refractivity contribution < 1.29 is 9.90 Å². The third kappa shape index (κ3) is 5.50. The van der Waals surface area contributed by atoms with Crippen LogP contribution in [0.5, 0.6) is 0 Å². The molecule has 1 fully saturated rings. The molecule has 0 aromatic rings. The van der Waals surface area contributed by atoms with Gasteiger partial charge >= 0.3 is 5.97 Å². The lowest BCUT2D eigenvalue weighted by Crippen LogP contribution is -2.27. The van der Waals surface area contributed by atoms with Gasteiger partial charge in [0.25, 0.3) is 0 Å². The second-order valence-electron chi connectivity index (χ2n) is 3.69. The largest absolute Gasteiger partial charge is 0.481 e. The summed E-state index contributed by atoms with van der Waals surface area (Å²) in [5, 5.41) is 12.5. The van der Waals surface area contributed by atoms with Gasteiger partial charge in [-0.15, -0.1) is 0 Å². The number of nitrogens with one attached hydrogen (secondary N) is 1. The third-order valence-electron chi connectivity index (χ3n) is 2.39. The first-order valence-electron chi connectivity index (χ1n) is 5.33. The minimum Gasteiger partial charge on any atom is -0.481 e. The number of hydrogen-bond donors (Lipinski definition) is 2. The highest BCUT2D eigenvalue weighted by atomic mass is 32.2. The van der Waals surface area contributed by atoms with Gasteiger partial charge in [0.2, 0.25) is 0 Å². The normalized spacial score (nSPS) is 22.1. The summed E-state index contributed by atoms with van der Waals surface area (Å²) in [4.78, 5) is 10.2. The van der Waals surface area contributed by atoms with Gasteiger partial charge in [-0.2, -0.15) is 11.8 Å². The van der Waals surface area contributed by atoms with Gasteiger partial charge in [-0.05, 0) is 31.6 Å². The van der Waals surface area contributed by atoms with Crippen molar-refractivity contribution in [1.29, 1.82) is 0 Å². The Bertz CT molecular complexity index is 170. The van der Waals surface area contributed by atoms with Crippen LogP contribution in [-0.2, 0) is 4.79 Å². The van der Waals surface area contributed by atoms with Crippen LogP contribution in [0, 0.1) is 0 Å². The number of carboxylic acid groups (broad SMARTS) is 1. The summed E-state index contributed by atoms with van der Waals surface area (Å²) in [6.45, 7) is 1.88. The molecule has 14 heavy (non-hydrogen) atoms. The van der Waals surface area contributed by atoms with Gasteiger partial charge in [0, 0.05) is 18.2 Å². The summed E-state index contributed by atoms with van der Waals surface area (Å²) < 4.78 is 0. The molecule has 2 N–H and O–H groups in total. The smallest absolute Gasteiger partial charge is 0.303 e. The van der Waals surface area contributed by atoms with Crippen LogP contribution in [0.15, 0.2) is 0 Å². The summed E-state index contributed by atoms with van der Waals surface area (Å²) in [7, 11) is 0. The van der Waals surface area contributed by atoms with Crippen molar-refractivity contribution in [3.63, 3.8) is 0 Å². The maximum absolute atomic E-state index is 10.2. The number of thioether (sulfide) groups is 1. The van der Waals surface area contributed by atoms with Crippen molar-refractivity contribution >= 4 is 17.7 Å². The molecule has 1 heterocycles. The van der Waals surface area contributed by atoms with Gasteiger partial charge in [0.15, 0.2) is 0 Å². The number of aliphatic carboxylic acids is 1. The molecule has 1 aliphatic heterocycles. The average molecular weight is 217 g/mol. The van der Waals surface area contributed by atoms with Crippen molar-refractivity contribution in [3.05, 3.63) is 0 Å². The lowest BCUT2D eigenvalue weighted by molar-refractivity contribution is -0.137. The van der Waals surface area contributed by atoms with Gasteiger partial charge in [-0.25, -0.2) is 0 Å². The number of carboxylic acids is 1. The zero-order chi connectivity index (χ0) is 10.2. The molecular formula is C10H19NO2S. The third-order valence-corrected chi connectivity index (χ3v) is 3.79. The van der Waals surface area contributed by atoms with Crippen molar-refractivity contribution in [2.24, 2.45) is 0 Å². The minimum atomic E-state index is -0.696. The Hall–Kier alpha value is -0.220. The first-order valence-corrected chi connectivity index (χ1v) is 6.38. The standard InChI is InChI=1S/C10H19NO2S/c12-10(13)5-3-6-11-8-9-4-1-2-7-14-9/h9,11H,1-8H2,(H,12,13). The zero-order valence-corrected chi connectivity index (χ0v) is 9.31. The zero-order valence-electron chi connectivity index (χ0n) is 8.50. The molecular weight excluding hydrogens is 198 g/mol. The van der Waals surface area contributed by atoms with Crippen molar-refractivity contribution in [3.8, 4) is 0 Å². The van der Waals surface area contributed by atoms with E-state index in [1.807, 2.05) is 11.8 Å². The highest BCUT2D eigenvalue weighted by Gasteiger charge is 2.12. The minimum absolute atomic E-state index is 0.283. The van der Waals surface area contributed by atoms with Crippen LogP contribution >= 0.6 is 11.8 Å². The summed E-state index contributed by atoms with van der Waals surface area (Å²) in [5.41, 5.74) is 0. The van der Waals surface area contributed by atoms with E-state index in [1.54, 1.807) is 0 Å². The van der Waals surface area contributed by atoms with E-state index in [9.17, 15) is 4.79 Å². The predicted octanol–water partition coefficient (Wildman–Crippen LogP) is 1.73. The number of carbonyl (C=O) groups is 1. The average Bonchev–Trinajstić information content (AvgIpc) is 2.18. The first-order chi connectivity index (χ1) is 6.79. The molecule has 0 aromatic heterocycles. The molecule has 1 rings (SSSR count). The van der Waals surface area contributed by atoms with E-state index in [0.717, 1.165) is 24.8 Å². The van der Waals surface area contributed by atoms with Crippen molar-refractivity contribution in [2.45, 2.75) is 37.4 Å². The molecule has 1 unspecified atom stereocenters. The maximum Gasteiger partial charge on any atom is 0.303 e. The van der Waals surface area contributed by atoms with Crippen molar-refractivity contribution in [2.75, 3.05) is 18.8 Å². The lowest BCUT2D eigenvalue weighted by Gasteiger charge is -2.21. The van der Waals surface area contributed by atoms with E-state index in [1.165, 1.54) is 25.0 Å². The molecule has 0 aromatic carbocycles. The van der Waals surface area contributed by atoms with Crippen LogP contribution in [0.25, 0.3) is 0 Å². The summed E-state index contributed by atoms with van der Waals surface area (Å²) in [6.07, 6.45) is 5.06. The van der Waals surface area contributed by atoms with Gasteiger partial charge < -0.3 is 10.4 Å². The molecule has 0 radical (unpaired) electrons. The molecule has 1 atom stereocenters.